The number of hydrogen-bond acceptors (Lipinski definition) is 3. The molecular formula is C22H23ClN2S. The lowest BCUT2D eigenvalue weighted by Crippen LogP contribution is -2.44. The molecule has 1 aliphatic heterocycles. The van der Waals surface area contributed by atoms with E-state index in [9.17, 15) is 0 Å². The zero-order valence-corrected chi connectivity index (χ0v) is 16.6. The summed E-state index contributed by atoms with van der Waals surface area (Å²) in [7, 11) is 2.20. The van der Waals surface area contributed by atoms with Gasteiger partial charge in [0, 0.05) is 41.8 Å². The number of benzene rings is 2. The van der Waals surface area contributed by atoms with E-state index in [0.29, 0.717) is 0 Å². The van der Waals surface area contributed by atoms with Crippen LogP contribution in [0.15, 0.2) is 60.0 Å². The number of likely N-dealkylation sites (N-methyl/N-ethyl adjacent to an activating group) is 1. The molecule has 0 unspecified atom stereocenters. The molecule has 1 aromatic heterocycles. The quantitative estimate of drug-likeness (QED) is 0.595. The molecule has 0 aliphatic carbocycles. The summed E-state index contributed by atoms with van der Waals surface area (Å²) in [4.78, 5) is 6.20. The second-order valence-corrected chi connectivity index (χ2v) is 8.27. The van der Waals surface area contributed by atoms with E-state index in [-0.39, 0.29) is 0 Å². The van der Waals surface area contributed by atoms with Crippen LogP contribution in [0.1, 0.15) is 11.1 Å². The maximum atomic E-state index is 6.19. The Kier molecular flexibility index (Phi) is 5.30. The van der Waals surface area contributed by atoms with Crippen LogP contribution in [0.5, 0.6) is 0 Å². The molecule has 2 nitrogen and oxygen atoms in total. The molecule has 0 radical (unpaired) electrons. The number of thiophene rings is 1. The van der Waals surface area contributed by atoms with Crippen molar-refractivity contribution >= 4 is 28.6 Å². The Labute approximate surface area is 164 Å². The fourth-order valence-electron chi connectivity index (χ4n) is 3.51. The highest BCUT2D eigenvalue weighted by molar-refractivity contribution is 7.13. The molecule has 0 saturated carbocycles. The molecule has 26 heavy (non-hydrogen) atoms. The normalized spacial score (nSPS) is 15.4. The highest BCUT2D eigenvalue weighted by Crippen LogP contribution is 2.33. The summed E-state index contributed by atoms with van der Waals surface area (Å²) >= 11 is 7.98. The van der Waals surface area contributed by atoms with Crippen molar-refractivity contribution in [3.8, 4) is 10.4 Å². The maximum absolute atomic E-state index is 6.19. The second kappa shape index (κ2) is 7.83. The van der Waals surface area contributed by atoms with Crippen LogP contribution >= 0.6 is 22.9 Å². The van der Waals surface area contributed by atoms with E-state index in [0.717, 1.165) is 37.6 Å². The van der Waals surface area contributed by atoms with Gasteiger partial charge in [-0.1, -0.05) is 35.9 Å². The fourth-order valence-corrected chi connectivity index (χ4v) is 4.62. The lowest BCUT2D eigenvalue weighted by molar-refractivity contribution is 0.313. The van der Waals surface area contributed by atoms with Crippen LogP contribution in [-0.4, -0.2) is 38.1 Å². The van der Waals surface area contributed by atoms with Gasteiger partial charge in [-0.3, -0.25) is 0 Å². The third kappa shape index (κ3) is 3.96. The number of piperazine rings is 1. The largest absolute Gasteiger partial charge is 0.369 e. The van der Waals surface area contributed by atoms with Crippen LogP contribution in [0.25, 0.3) is 10.4 Å². The Morgan fingerprint density at radius 2 is 1.77 bits per heavy atom. The summed E-state index contributed by atoms with van der Waals surface area (Å²) in [6, 6.07) is 19.4. The zero-order valence-electron chi connectivity index (χ0n) is 15.0. The third-order valence-electron chi connectivity index (χ3n) is 5.01. The molecule has 0 spiro atoms. The smallest absolute Gasteiger partial charge is 0.0412 e. The Balaban J connectivity index is 1.55. The van der Waals surface area contributed by atoms with Gasteiger partial charge in [-0.2, -0.15) is 0 Å². The number of anilines is 1. The average Bonchev–Trinajstić information content (AvgIpc) is 3.11. The van der Waals surface area contributed by atoms with Crippen LogP contribution in [0.2, 0.25) is 5.02 Å². The van der Waals surface area contributed by atoms with Crippen molar-refractivity contribution in [1.29, 1.82) is 0 Å². The first-order valence-corrected chi connectivity index (χ1v) is 10.3. The summed E-state index contributed by atoms with van der Waals surface area (Å²) in [5, 5.41) is 2.97. The predicted octanol–water partition coefficient (Wildman–Crippen LogP) is 5.41. The lowest BCUT2D eigenvalue weighted by Gasteiger charge is -2.34. The highest BCUT2D eigenvalue weighted by atomic mass is 35.5. The molecule has 3 aromatic rings. The van der Waals surface area contributed by atoms with Crippen molar-refractivity contribution in [3.05, 3.63) is 76.1 Å². The summed E-state index contributed by atoms with van der Waals surface area (Å²) in [5.74, 6) is 0. The van der Waals surface area contributed by atoms with Crippen molar-refractivity contribution in [2.75, 3.05) is 38.1 Å². The van der Waals surface area contributed by atoms with Gasteiger partial charge in [0.1, 0.15) is 0 Å². The number of hydrogen-bond donors (Lipinski definition) is 0. The minimum absolute atomic E-state index is 0.791. The standard InChI is InChI=1S/C22H23ClN2S/c1-24-9-11-25(12-10-24)21-7-2-4-17(15-21)14-19-8-13-26-22(19)18-5-3-6-20(23)16-18/h2-8,13,15-16H,9-12,14H2,1H3. The molecular weight excluding hydrogens is 360 g/mol. The summed E-state index contributed by atoms with van der Waals surface area (Å²) in [6.45, 7) is 4.47. The Morgan fingerprint density at radius 1 is 0.962 bits per heavy atom. The minimum atomic E-state index is 0.791. The van der Waals surface area contributed by atoms with Crippen LogP contribution < -0.4 is 4.90 Å². The van der Waals surface area contributed by atoms with Crippen LogP contribution in [0.3, 0.4) is 0 Å². The Bertz CT molecular complexity index is 881. The molecule has 4 rings (SSSR count). The molecule has 0 atom stereocenters. The Morgan fingerprint density at radius 3 is 2.58 bits per heavy atom. The molecule has 1 saturated heterocycles. The second-order valence-electron chi connectivity index (χ2n) is 6.92. The van der Waals surface area contributed by atoms with Gasteiger partial charge >= 0.3 is 0 Å². The van der Waals surface area contributed by atoms with Gasteiger partial charge in [-0.25, -0.2) is 0 Å². The first kappa shape index (κ1) is 17.6. The molecule has 1 fully saturated rings. The zero-order chi connectivity index (χ0) is 17.9. The van der Waals surface area contributed by atoms with E-state index in [4.69, 9.17) is 11.6 Å². The van der Waals surface area contributed by atoms with Crippen LogP contribution in [-0.2, 0) is 6.42 Å². The van der Waals surface area contributed by atoms with Gasteiger partial charge in [0.25, 0.3) is 0 Å². The van der Waals surface area contributed by atoms with Crippen LogP contribution in [0.4, 0.5) is 5.69 Å². The molecule has 4 heteroatoms. The van der Waals surface area contributed by atoms with Gasteiger partial charge in [-0.05, 0) is 65.9 Å². The first-order chi connectivity index (χ1) is 12.7. The van der Waals surface area contributed by atoms with E-state index in [1.165, 1.54) is 27.3 Å². The lowest BCUT2D eigenvalue weighted by atomic mass is 10.0. The van der Waals surface area contributed by atoms with Crippen molar-refractivity contribution in [2.45, 2.75) is 6.42 Å². The third-order valence-corrected chi connectivity index (χ3v) is 6.25. The predicted molar refractivity (Wildman–Crippen MR) is 114 cm³/mol. The summed E-state index contributed by atoms with van der Waals surface area (Å²) in [6.07, 6.45) is 0.951. The van der Waals surface area contributed by atoms with Crippen molar-refractivity contribution in [2.24, 2.45) is 0 Å². The van der Waals surface area contributed by atoms with Gasteiger partial charge in [0.15, 0.2) is 0 Å². The topological polar surface area (TPSA) is 6.48 Å². The molecule has 1 aliphatic rings. The molecule has 2 aromatic carbocycles. The Hall–Kier alpha value is -1.81. The monoisotopic (exact) mass is 382 g/mol. The SMILES string of the molecule is CN1CCN(c2cccc(Cc3ccsc3-c3cccc(Cl)c3)c2)CC1. The van der Waals surface area contributed by atoms with Gasteiger partial charge in [0.2, 0.25) is 0 Å². The molecule has 0 amide bonds. The molecule has 2 heterocycles. The van der Waals surface area contributed by atoms with Crippen molar-refractivity contribution < 1.29 is 0 Å². The molecule has 0 bridgehead atoms. The minimum Gasteiger partial charge on any atom is -0.369 e. The van der Waals surface area contributed by atoms with Crippen molar-refractivity contribution in [3.63, 3.8) is 0 Å². The van der Waals surface area contributed by atoms with E-state index >= 15 is 0 Å². The number of halogens is 1. The average molecular weight is 383 g/mol. The van der Waals surface area contributed by atoms with Gasteiger partial charge in [0.05, 0.1) is 0 Å². The highest BCUT2D eigenvalue weighted by Gasteiger charge is 2.15. The fraction of sp³-hybridized carbons (Fsp3) is 0.273. The van der Waals surface area contributed by atoms with E-state index < -0.39 is 0 Å². The molecule has 0 N–H and O–H groups in total. The van der Waals surface area contributed by atoms with E-state index in [1.54, 1.807) is 11.3 Å². The van der Waals surface area contributed by atoms with E-state index in [1.807, 2.05) is 12.1 Å². The first-order valence-electron chi connectivity index (χ1n) is 9.04. The summed E-state index contributed by atoms with van der Waals surface area (Å²) < 4.78 is 0. The maximum Gasteiger partial charge on any atom is 0.0412 e. The number of nitrogens with zero attached hydrogens (tertiary/aromatic N) is 2. The van der Waals surface area contributed by atoms with Crippen molar-refractivity contribution in [1.82, 2.24) is 4.90 Å². The van der Waals surface area contributed by atoms with Crippen LogP contribution in [0, 0.1) is 0 Å². The molecule has 134 valence electrons. The van der Waals surface area contributed by atoms with Gasteiger partial charge < -0.3 is 9.80 Å². The summed E-state index contributed by atoms with van der Waals surface area (Å²) in [5.41, 5.74) is 5.28. The number of rotatable bonds is 4. The van der Waals surface area contributed by atoms with Gasteiger partial charge in [-0.15, -0.1) is 11.3 Å². The van der Waals surface area contributed by atoms with E-state index in [2.05, 4.69) is 64.7 Å².